The molecule has 16 heavy (non-hydrogen) atoms. The van der Waals surface area contributed by atoms with Gasteiger partial charge in [0.2, 0.25) is 0 Å². The molecule has 0 bridgehead atoms. The molecular weight excluding hydrogens is 269 g/mol. The SMILES string of the molecule is Fc1cc(Cl)ccc1-c1ccc(Cl)cc1Cl. The Hall–Kier alpha value is -0.760. The highest BCUT2D eigenvalue weighted by molar-refractivity contribution is 6.36. The molecule has 0 aliphatic heterocycles. The van der Waals surface area contributed by atoms with Crippen LogP contribution in [0.25, 0.3) is 11.1 Å². The van der Waals surface area contributed by atoms with Crippen molar-refractivity contribution in [3.8, 4) is 11.1 Å². The van der Waals surface area contributed by atoms with E-state index in [1.54, 1.807) is 30.3 Å². The van der Waals surface area contributed by atoms with E-state index in [2.05, 4.69) is 0 Å². The molecule has 0 N–H and O–H groups in total. The van der Waals surface area contributed by atoms with Gasteiger partial charge in [0.25, 0.3) is 0 Å². The summed E-state index contributed by atoms with van der Waals surface area (Å²) in [6.07, 6.45) is 0. The van der Waals surface area contributed by atoms with Crippen LogP contribution >= 0.6 is 34.8 Å². The lowest BCUT2D eigenvalue weighted by Crippen LogP contribution is -1.85. The van der Waals surface area contributed by atoms with Crippen LogP contribution in [-0.2, 0) is 0 Å². The van der Waals surface area contributed by atoms with Crippen LogP contribution in [0.5, 0.6) is 0 Å². The standard InChI is InChI=1S/C12H6Cl3F/c13-7-1-3-9(11(15)5-7)10-4-2-8(14)6-12(10)16/h1-6H. The van der Waals surface area contributed by atoms with E-state index in [0.717, 1.165) is 0 Å². The zero-order chi connectivity index (χ0) is 11.7. The number of benzene rings is 2. The van der Waals surface area contributed by atoms with E-state index in [9.17, 15) is 4.39 Å². The molecule has 82 valence electrons. The summed E-state index contributed by atoms with van der Waals surface area (Å²) < 4.78 is 13.6. The van der Waals surface area contributed by atoms with E-state index in [0.29, 0.717) is 26.2 Å². The molecule has 0 amide bonds. The highest BCUT2D eigenvalue weighted by Gasteiger charge is 2.09. The van der Waals surface area contributed by atoms with Gasteiger partial charge in [-0.1, -0.05) is 40.9 Å². The highest BCUT2D eigenvalue weighted by Crippen LogP contribution is 2.32. The van der Waals surface area contributed by atoms with Crippen LogP contribution in [0.1, 0.15) is 0 Å². The van der Waals surface area contributed by atoms with Crippen LogP contribution in [0, 0.1) is 5.82 Å². The molecule has 0 nitrogen and oxygen atoms in total. The second-order valence-electron chi connectivity index (χ2n) is 3.25. The summed E-state index contributed by atoms with van der Waals surface area (Å²) in [5.74, 6) is -0.406. The summed E-state index contributed by atoms with van der Waals surface area (Å²) in [6.45, 7) is 0. The zero-order valence-electron chi connectivity index (χ0n) is 7.98. The van der Waals surface area contributed by atoms with Gasteiger partial charge in [-0.15, -0.1) is 0 Å². The first-order valence-corrected chi connectivity index (χ1v) is 5.62. The van der Waals surface area contributed by atoms with Crippen molar-refractivity contribution in [3.63, 3.8) is 0 Å². The van der Waals surface area contributed by atoms with Crippen molar-refractivity contribution in [1.29, 1.82) is 0 Å². The Kier molecular flexibility index (Phi) is 3.38. The van der Waals surface area contributed by atoms with E-state index in [1.807, 2.05) is 0 Å². The summed E-state index contributed by atoms with van der Waals surface area (Å²) in [7, 11) is 0. The minimum absolute atomic E-state index is 0.353. The third kappa shape index (κ3) is 2.32. The van der Waals surface area contributed by atoms with E-state index < -0.39 is 5.82 Å². The molecule has 2 aromatic rings. The first-order chi connectivity index (χ1) is 7.58. The Balaban J connectivity index is 2.59. The molecule has 2 aromatic carbocycles. The second-order valence-corrected chi connectivity index (χ2v) is 4.53. The maximum Gasteiger partial charge on any atom is 0.132 e. The largest absolute Gasteiger partial charge is 0.206 e. The molecule has 0 fully saturated rings. The maximum atomic E-state index is 13.6. The van der Waals surface area contributed by atoms with Crippen molar-refractivity contribution in [2.75, 3.05) is 0 Å². The molecule has 0 spiro atoms. The van der Waals surface area contributed by atoms with Gasteiger partial charge in [-0.3, -0.25) is 0 Å². The first kappa shape index (κ1) is 11.7. The lowest BCUT2D eigenvalue weighted by atomic mass is 10.1. The highest BCUT2D eigenvalue weighted by atomic mass is 35.5. The van der Waals surface area contributed by atoms with Crippen LogP contribution < -0.4 is 0 Å². The lowest BCUT2D eigenvalue weighted by Gasteiger charge is -2.06. The number of hydrogen-bond donors (Lipinski definition) is 0. The average molecular weight is 276 g/mol. The fourth-order valence-corrected chi connectivity index (χ4v) is 2.08. The smallest absolute Gasteiger partial charge is 0.132 e. The quantitative estimate of drug-likeness (QED) is 0.649. The number of rotatable bonds is 1. The third-order valence-corrected chi connectivity index (χ3v) is 2.94. The molecule has 0 saturated heterocycles. The van der Waals surface area contributed by atoms with Crippen LogP contribution in [0.4, 0.5) is 4.39 Å². The topological polar surface area (TPSA) is 0 Å². The maximum absolute atomic E-state index is 13.6. The van der Waals surface area contributed by atoms with Crippen LogP contribution in [0.3, 0.4) is 0 Å². The first-order valence-electron chi connectivity index (χ1n) is 4.48. The molecule has 0 aromatic heterocycles. The summed E-state index contributed by atoms with van der Waals surface area (Å²) in [5.41, 5.74) is 1.01. The summed E-state index contributed by atoms with van der Waals surface area (Å²) in [4.78, 5) is 0. The molecule has 0 heterocycles. The minimum atomic E-state index is -0.406. The van der Waals surface area contributed by atoms with Gasteiger partial charge in [-0.05, 0) is 30.3 Å². The van der Waals surface area contributed by atoms with Crippen molar-refractivity contribution in [2.45, 2.75) is 0 Å². The monoisotopic (exact) mass is 274 g/mol. The molecule has 0 aliphatic rings. The Bertz CT molecular complexity index is 488. The van der Waals surface area contributed by atoms with Crippen LogP contribution in [-0.4, -0.2) is 0 Å². The van der Waals surface area contributed by atoms with Crippen molar-refractivity contribution < 1.29 is 4.39 Å². The summed E-state index contributed by atoms with van der Waals surface area (Å²) in [5, 5.41) is 1.28. The predicted molar refractivity (Wildman–Crippen MR) is 66.9 cm³/mol. The molecule has 2 rings (SSSR count). The zero-order valence-corrected chi connectivity index (χ0v) is 10.2. The Morgan fingerprint density at radius 3 is 1.88 bits per heavy atom. The molecule has 0 atom stereocenters. The fraction of sp³-hybridized carbons (Fsp3) is 0. The van der Waals surface area contributed by atoms with Gasteiger partial charge in [0.15, 0.2) is 0 Å². The third-order valence-electron chi connectivity index (χ3n) is 2.15. The van der Waals surface area contributed by atoms with Crippen molar-refractivity contribution in [3.05, 3.63) is 57.3 Å². The van der Waals surface area contributed by atoms with Crippen LogP contribution in [0.15, 0.2) is 36.4 Å². The van der Waals surface area contributed by atoms with E-state index in [-0.39, 0.29) is 0 Å². The Morgan fingerprint density at radius 2 is 1.31 bits per heavy atom. The summed E-state index contributed by atoms with van der Waals surface area (Å²) >= 11 is 17.4. The fourth-order valence-electron chi connectivity index (χ4n) is 1.42. The van der Waals surface area contributed by atoms with E-state index in [4.69, 9.17) is 34.8 Å². The predicted octanol–water partition coefficient (Wildman–Crippen LogP) is 5.45. The molecule has 0 unspecified atom stereocenters. The molecule has 0 saturated carbocycles. The molecular formula is C12H6Cl3F. The van der Waals surface area contributed by atoms with Gasteiger partial charge >= 0.3 is 0 Å². The van der Waals surface area contributed by atoms with Gasteiger partial charge in [0.05, 0.1) is 0 Å². The van der Waals surface area contributed by atoms with Gasteiger partial charge in [0.1, 0.15) is 5.82 Å². The van der Waals surface area contributed by atoms with Gasteiger partial charge in [0, 0.05) is 26.2 Å². The average Bonchev–Trinajstić information content (AvgIpc) is 2.19. The van der Waals surface area contributed by atoms with Crippen LogP contribution in [0.2, 0.25) is 15.1 Å². The van der Waals surface area contributed by atoms with Gasteiger partial charge in [-0.2, -0.15) is 0 Å². The second kappa shape index (κ2) is 4.62. The molecule has 4 heteroatoms. The number of halogens is 4. The van der Waals surface area contributed by atoms with E-state index >= 15 is 0 Å². The molecule has 0 aliphatic carbocycles. The van der Waals surface area contributed by atoms with Crippen molar-refractivity contribution in [1.82, 2.24) is 0 Å². The summed E-state index contributed by atoms with van der Waals surface area (Å²) in [6, 6.07) is 9.37. The molecule has 0 radical (unpaired) electrons. The number of hydrogen-bond acceptors (Lipinski definition) is 0. The van der Waals surface area contributed by atoms with E-state index in [1.165, 1.54) is 6.07 Å². The van der Waals surface area contributed by atoms with Gasteiger partial charge < -0.3 is 0 Å². The van der Waals surface area contributed by atoms with Crippen molar-refractivity contribution in [2.24, 2.45) is 0 Å². The Morgan fingerprint density at radius 1 is 0.750 bits per heavy atom. The lowest BCUT2D eigenvalue weighted by molar-refractivity contribution is 0.631. The minimum Gasteiger partial charge on any atom is -0.206 e. The van der Waals surface area contributed by atoms with Crippen molar-refractivity contribution >= 4 is 34.8 Å². The Labute approximate surface area is 108 Å². The normalized spacial score (nSPS) is 10.5. The van der Waals surface area contributed by atoms with Gasteiger partial charge in [-0.25, -0.2) is 4.39 Å².